The fourth-order valence-corrected chi connectivity index (χ4v) is 5.31. The van der Waals surface area contributed by atoms with E-state index in [1.54, 1.807) is 11.3 Å². The third-order valence-corrected chi connectivity index (χ3v) is 6.53. The van der Waals surface area contributed by atoms with Crippen molar-refractivity contribution in [3.05, 3.63) is 64.6 Å². The molecule has 134 valence electrons. The Labute approximate surface area is 155 Å². The van der Waals surface area contributed by atoms with Gasteiger partial charge < -0.3 is 9.47 Å². The second kappa shape index (κ2) is 5.43. The van der Waals surface area contributed by atoms with Crippen molar-refractivity contribution in [1.29, 1.82) is 0 Å². The van der Waals surface area contributed by atoms with Gasteiger partial charge in [-0.1, -0.05) is 24.6 Å². The molecule has 2 aromatic heterocycles. The number of aryl methyl sites for hydroxylation is 2. The average molecular weight is 345 g/mol. The van der Waals surface area contributed by atoms with Crippen LogP contribution < -0.4 is 0 Å². The highest BCUT2D eigenvalue weighted by molar-refractivity contribution is 5.87. The molecule has 0 radical (unpaired) electrons. The fraction of sp³-hybridized carbons (Fsp3) is 0.435. The van der Waals surface area contributed by atoms with Crippen LogP contribution >= 0.6 is 0 Å². The predicted molar refractivity (Wildman–Crippen MR) is 107 cm³/mol. The molecule has 0 saturated carbocycles. The SMILES string of the molecule is Cc1ccc2c(c1)c1c3n2CC(C)(c2ccc(C)nc2)CC3CN(C)C1. The molecule has 0 spiro atoms. The van der Waals surface area contributed by atoms with Crippen LogP contribution in [-0.4, -0.2) is 28.0 Å². The minimum atomic E-state index is 0.130. The maximum Gasteiger partial charge on any atom is 0.0486 e. The van der Waals surface area contributed by atoms with E-state index in [4.69, 9.17) is 0 Å². The lowest BCUT2D eigenvalue weighted by atomic mass is 9.71. The molecule has 0 amide bonds. The lowest BCUT2D eigenvalue weighted by Gasteiger charge is -2.43. The molecule has 3 heteroatoms. The van der Waals surface area contributed by atoms with Crippen molar-refractivity contribution in [3.63, 3.8) is 0 Å². The van der Waals surface area contributed by atoms with Crippen LogP contribution in [0.5, 0.6) is 0 Å². The summed E-state index contributed by atoms with van der Waals surface area (Å²) in [5.74, 6) is 0.594. The first-order valence-corrected chi connectivity index (χ1v) is 9.68. The Morgan fingerprint density at radius 1 is 1.15 bits per heavy atom. The third-order valence-electron chi connectivity index (χ3n) is 6.53. The number of hydrogen-bond donors (Lipinski definition) is 0. The zero-order valence-corrected chi connectivity index (χ0v) is 16.2. The van der Waals surface area contributed by atoms with Gasteiger partial charge in [0.25, 0.3) is 0 Å². The van der Waals surface area contributed by atoms with Crippen LogP contribution in [0.25, 0.3) is 10.9 Å². The highest BCUT2D eigenvalue weighted by Gasteiger charge is 2.42. The highest BCUT2D eigenvalue weighted by atomic mass is 15.1. The van der Waals surface area contributed by atoms with Gasteiger partial charge in [-0.25, -0.2) is 0 Å². The molecule has 4 heterocycles. The number of likely N-dealkylation sites (N-methyl/N-ethyl adjacent to an activating group) is 1. The minimum absolute atomic E-state index is 0.130. The van der Waals surface area contributed by atoms with Crippen LogP contribution in [-0.2, 0) is 18.5 Å². The average Bonchev–Trinajstić information content (AvgIpc) is 2.89. The Morgan fingerprint density at radius 3 is 2.77 bits per heavy atom. The molecule has 2 unspecified atom stereocenters. The molecular weight excluding hydrogens is 318 g/mol. The fourth-order valence-electron chi connectivity index (χ4n) is 5.31. The molecule has 0 bridgehead atoms. The largest absolute Gasteiger partial charge is 0.343 e. The number of rotatable bonds is 1. The normalized spacial score (nSPS) is 25.5. The first kappa shape index (κ1) is 16.1. The number of hydrogen-bond acceptors (Lipinski definition) is 2. The van der Waals surface area contributed by atoms with Crippen molar-refractivity contribution in [1.82, 2.24) is 14.5 Å². The number of aromatic nitrogens is 2. The molecule has 2 aliphatic heterocycles. The summed E-state index contributed by atoms with van der Waals surface area (Å²) >= 11 is 0. The lowest BCUT2D eigenvalue weighted by molar-refractivity contribution is 0.209. The van der Waals surface area contributed by atoms with E-state index in [-0.39, 0.29) is 5.41 Å². The predicted octanol–water partition coefficient (Wildman–Crippen LogP) is 4.54. The number of benzene rings is 1. The van der Waals surface area contributed by atoms with Crippen molar-refractivity contribution in [2.75, 3.05) is 13.6 Å². The summed E-state index contributed by atoms with van der Waals surface area (Å²) in [7, 11) is 2.27. The van der Waals surface area contributed by atoms with Gasteiger partial charge in [-0.2, -0.15) is 0 Å². The van der Waals surface area contributed by atoms with Crippen LogP contribution in [0.15, 0.2) is 36.5 Å². The Morgan fingerprint density at radius 2 is 2.00 bits per heavy atom. The molecular formula is C23H27N3. The molecule has 1 aromatic carbocycles. The van der Waals surface area contributed by atoms with Crippen LogP contribution in [0.1, 0.15) is 47.3 Å². The van der Waals surface area contributed by atoms with Crippen LogP contribution in [0.3, 0.4) is 0 Å². The van der Waals surface area contributed by atoms with Gasteiger partial charge >= 0.3 is 0 Å². The molecule has 0 fully saturated rings. The second-order valence-electron chi connectivity index (χ2n) is 8.82. The van der Waals surface area contributed by atoms with Crippen molar-refractivity contribution >= 4 is 10.9 Å². The number of pyridine rings is 1. The Balaban J connectivity index is 1.72. The van der Waals surface area contributed by atoms with Gasteiger partial charge in [-0.15, -0.1) is 0 Å². The van der Waals surface area contributed by atoms with Gasteiger partial charge in [0.1, 0.15) is 0 Å². The monoisotopic (exact) mass is 345 g/mol. The van der Waals surface area contributed by atoms with E-state index in [1.165, 1.54) is 28.5 Å². The quantitative estimate of drug-likeness (QED) is 0.645. The topological polar surface area (TPSA) is 21.1 Å². The molecule has 3 aromatic rings. The maximum absolute atomic E-state index is 4.59. The van der Waals surface area contributed by atoms with E-state index in [9.17, 15) is 0 Å². The molecule has 26 heavy (non-hydrogen) atoms. The van der Waals surface area contributed by atoms with Gasteiger partial charge in [0, 0.05) is 59.5 Å². The summed E-state index contributed by atoms with van der Waals surface area (Å²) in [4.78, 5) is 7.09. The molecule has 3 nitrogen and oxygen atoms in total. The lowest BCUT2D eigenvalue weighted by Crippen LogP contribution is -2.42. The van der Waals surface area contributed by atoms with E-state index in [1.807, 2.05) is 0 Å². The summed E-state index contributed by atoms with van der Waals surface area (Å²) in [5, 5.41) is 1.46. The number of fused-ring (bicyclic) bond motifs is 3. The standard InChI is InChI=1S/C23H27N3/c1-15-5-8-21-19(9-15)20-13-25(4)12-17-10-23(3,14-26(21)22(17)20)18-7-6-16(2)24-11-18/h5-9,11,17H,10,12-14H2,1-4H3. The van der Waals surface area contributed by atoms with E-state index in [0.29, 0.717) is 5.92 Å². The zero-order valence-electron chi connectivity index (χ0n) is 16.2. The van der Waals surface area contributed by atoms with Gasteiger partial charge in [0.15, 0.2) is 0 Å². The van der Waals surface area contributed by atoms with Gasteiger partial charge in [0.05, 0.1) is 0 Å². The second-order valence-corrected chi connectivity index (χ2v) is 8.82. The van der Waals surface area contributed by atoms with Gasteiger partial charge in [0.2, 0.25) is 0 Å². The van der Waals surface area contributed by atoms with Crippen molar-refractivity contribution < 1.29 is 0 Å². The van der Waals surface area contributed by atoms with E-state index in [0.717, 1.165) is 25.3 Å². The molecule has 2 atom stereocenters. The molecule has 5 rings (SSSR count). The van der Waals surface area contributed by atoms with Crippen molar-refractivity contribution in [2.24, 2.45) is 0 Å². The smallest absolute Gasteiger partial charge is 0.0486 e. The first-order chi connectivity index (χ1) is 12.4. The third kappa shape index (κ3) is 2.26. The Kier molecular flexibility index (Phi) is 3.36. The summed E-state index contributed by atoms with van der Waals surface area (Å²) in [6.07, 6.45) is 3.30. The summed E-state index contributed by atoms with van der Waals surface area (Å²) in [6.45, 7) is 9.96. The summed E-state index contributed by atoms with van der Waals surface area (Å²) in [5.41, 5.74) is 8.52. The first-order valence-electron chi connectivity index (χ1n) is 9.68. The molecule has 0 N–H and O–H groups in total. The summed E-state index contributed by atoms with van der Waals surface area (Å²) < 4.78 is 2.63. The molecule has 0 saturated heterocycles. The molecule has 2 aliphatic rings. The van der Waals surface area contributed by atoms with E-state index in [2.05, 4.69) is 78.8 Å². The van der Waals surface area contributed by atoms with Gasteiger partial charge in [-0.3, -0.25) is 4.98 Å². The summed E-state index contributed by atoms with van der Waals surface area (Å²) in [6, 6.07) is 11.4. The number of nitrogens with zero attached hydrogens (tertiary/aromatic N) is 3. The van der Waals surface area contributed by atoms with E-state index < -0.39 is 0 Å². The van der Waals surface area contributed by atoms with Crippen molar-refractivity contribution in [3.8, 4) is 0 Å². The minimum Gasteiger partial charge on any atom is -0.343 e. The van der Waals surface area contributed by atoms with E-state index >= 15 is 0 Å². The van der Waals surface area contributed by atoms with Crippen molar-refractivity contribution in [2.45, 2.75) is 51.6 Å². The maximum atomic E-state index is 4.59. The zero-order chi connectivity index (χ0) is 18.1. The van der Waals surface area contributed by atoms with Crippen LogP contribution in [0.2, 0.25) is 0 Å². The van der Waals surface area contributed by atoms with Gasteiger partial charge in [-0.05, 0) is 56.6 Å². The van der Waals surface area contributed by atoms with Crippen LogP contribution in [0.4, 0.5) is 0 Å². The molecule has 0 aliphatic carbocycles. The Bertz CT molecular complexity index is 998. The highest BCUT2D eigenvalue weighted by Crippen LogP contribution is 2.48. The Hall–Kier alpha value is -2.13. The van der Waals surface area contributed by atoms with Crippen LogP contribution in [0, 0.1) is 13.8 Å².